The Kier molecular flexibility index (Phi) is 6.38. The molecule has 1 saturated heterocycles. The van der Waals surface area contributed by atoms with Crippen LogP contribution in [0.2, 0.25) is 0 Å². The van der Waals surface area contributed by atoms with Crippen LogP contribution in [0.15, 0.2) is 58.5 Å². The number of carbonyl (C=O) groups excluding carboxylic acids is 1. The molecule has 162 valence electrons. The fraction of sp³-hybridized carbons (Fsp3) is 0.348. The summed E-state index contributed by atoms with van der Waals surface area (Å²) in [6, 6.07) is 13.5. The van der Waals surface area contributed by atoms with Crippen molar-refractivity contribution in [1.29, 1.82) is 0 Å². The van der Waals surface area contributed by atoms with E-state index in [0.717, 1.165) is 48.0 Å². The Morgan fingerprint density at radius 1 is 1.13 bits per heavy atom. The summed E-state index contributed by atoms with van der Waals surface area (Å²) in [6.07, 6.45) is 1.71. The van der Waals surface area contributed by atoms with Gasteiger partial charge in [-0.2, -0.15) is 0 Å². The molecule has 4 rings (SSSR count). The van der Waals surface area contributed by atoms with Gasteiger partial charge >= 0.3 is 0 Å². The quantitative estimate of drug-likeness (QED) is 0.768. The maximum absolute atomic E-state index is 13.1. The van der Waals surface area contributed by atoms with E-state index in [1.54, 1.807) is 19.2 Å². The standard InChI is InChI=1S/C23H25FN4O2S/c1-28-13-11-23(12-14-28)26-21(16-3-9-19(30-2)10-4-16)22(27-23)31-15-20(29)25-18-7-5-17(24)6-8-18/h3-10H,11-15H2,1-2H3,(H,25,29). The van der Waals surface area contributed by atoms with Gasteiger partial charge < -0.3 is 15.0 Å². The smallest absolute Gasteiger partial charge is 0.234 e. The van der Waals surface area contributed by atoms with Gasteiger partial charge in [0.05, 0.1) is 18.6 Å². The van der Waals surface area contributed by atoms with Gasteiger partial charge in [-0.3, -0.25) is 9.79 Å². The molecule has 8 heteroatoms. The first-order chi connectivity index (χ1) is 15.0. The maximum Gasteiger partial charge on any atom is 0.234 e. The SMILES string of the molecule is COc1ccc(C2=NC3(CCN(C)CC3)N=C2SCC(=O)Nc2ccc(F)cc2)cc1. The number of methoxy groups -OCH3 is 1. The summed E-state index contributed by atoms with van der Waals surface area (Å²) in [5.74, 6) is 0.469. The van der Waals surface area contributed by atoms with E-state index < -0.39 is 5.66 Å². The Labute approximate surface area is 185 Å². The maximum atomic E-state index is 13.1. The normalized spacial score (nSPS) is 17.9. The van der Waals surface area contributed by atoms with Crippen molar-refractivity contribution in [2.24, 2.45) is 9.98 Å². The summed E-state index contributed by atoms with van der Waals surface area (Å²) < 4.78 is 18.3. The van der Waals surface area contributed by atoms with Gasteiger partial charge in [0.1, 0.15) is 16.6 Å². The fourth-order valence-electron chi connectivity index (χ4n) is 3.62. The molecule has 31 heavy (non-hydrogen) atoms. The van der Waals surface area contributed by atoms with E-state index in [-0.39, 0.29) is 17.5 Å². The molecular formula is C23H25FN4O2S. The van der Waals surface area contributed by atoms with Crippen LogP contribution in [0, 0.1) is 5.82 Å². The zero-order chi connectivity index (χ0) is 21.8. The van der Waals surface area contributed by atoms with Gasteiger partial charge in [-0.15, -0.1) is 0 Å². The second-order valence-electron chi connectivity index (χ2n) is 7.74. The van der Waals surface area contributed by atoms with E-state index >= 15 is 0 Å². The number of piperidine rings is 1. The highest BCUT2D eigenvalue weighted by atomic mass is 32.2. The van der Waals surface area contributed by atoms with Crippen molar-refractivity contribution in [2.45, 2.75) is 18.5 Å². The summed E-state index contributed by atoms with van der Waals surface area (Å²) >= 11 is 1.38. The van der Waals surface area contributed by atoms with Crippen LogP contribution >= 0.6 is 11.8 Å². The third-order valence-electron chi connectivity index (χ3n) is 5.45. The first-order valence-electron chi connectivity index (χ1n) is 10.2. The van der Waals surface area contributed by atoms with Gasteiger partial charge in [-0.25, -0.2) is 9.38 Å². The number of aliphatic imine (C=N–C) groups is 2. The van der Waals surface area contributed by atoms with Crippen molar-refractivity contribution in [2.75, 3.05) is 38.3 Å². The lowest BCUT2D eigenvalue weighted by Crippen LogP contribution is -2.39. The number of hydrogen-bond donors (Lipinski definition) is 1. The molecule has 1 spiro atoms. The third kappa shape index (κ3) is 5.14. The van der Waals surface area contributed by atoms with Crippen LogP contribution in [0.5, 0.6) is 5.75 Å². The second-order valence-corrected chi connectivity index (χ2v) is 8.70. The van der Waals surface area contributed by atoms with E-state index in [9.17, 15) is 9.18 Å². The predicted molar refractivity (Wildman–Crippen MR) is 124 cm³/mol. The van der Waals surface area contributed by atoms with Crippen molar-refractivity contribution in [3.8, 4) is 5.75 Å². The minimum absolute atomic E-state index is 0.169. The molecule has 6 nitrogen and oxygen atoms in total. The topological polar surface area (TPSA) is 66.3 Å². The van der Waals surface area contributed by atoms with Gasteiger partial charge in [0.25, 0.3) is 0 Å². The van der Waals surface area contributed by atoms with Crippen LogP contribution in [0.1, 0.15) is 18.4 Å². The number of amides is 1. The molecule has 0 aromatic heterocycles. The largest absolute Gasteiger partial charge is 0.497 e. The molecular weight excluding hydrogens is 415 g/mol. The molecule has 1 amide bonds. The molecule has 0 unspecified atom stereocenters. The molecule has 2 aliphatic rings. The Bertz CT molecular complexity index is 997. The van der Waals surface area contributed by atoms with Crippen molar-refractivity contribution in [3.63, 3.8) is 0 Å². The number of likely N-dealkylation sites (tertiary alicyclic amines) is 1. The Hall–Kier alpha value is -2.71. The highest BCUT2D eigenvalue weighted by Gasteiger charge is 2.39. The minimum atomic E-state index is -0.447. The molecule has 2 aliphatic heterocycles. The van der Waals surface area contributed by atoms with Gasteiger partial charge in [-0.1, -0.05) is 11.8 Å². The number of carbonyl (C=O) groups is 1. The first-order valence-corrected chi connectivity index (χ1v) is 11.2. The van der Waals surface area contributed by atoms with E-state index in [2.05, 4.69) is 17.3 Å². The molecule has 0 saturated carbocycles. The number of nitrogens with zero attached hydrogens (tertiary/aromatic N) is 3. The van der Waals surface area contributed by atoms with Crippen LogP contribution < -0.4 is 10.1 Å². The number of benzene rings is 2. The molecule has 2 aromatic rings. The number of hydrogen-bond acceptors (Lipinski definition) is 6. The lowest BCUT2D eigenvalue weighted by molar-refractivity contribution is -0.113. The van der Waals surface area contributed by atoms with E-state index in [1.807, 2.05) is 24.3 Å². The Balaban J connectivity index is 1.50. The zero-order valence-electron chi connectivity index (χ0n) is 17.6. The average Bonchev–Trinajstić information content (AvgIpc) is 3.14. The second kappa shape index (κ2) is 9.20. The predicted octanol–water partition coefficient (Wildman–Crippen LogP) is 3.83. The number of ether oxygens (including phenoxy) is 1. The number of anilines is 1. The van der Waals surface area contributed by atoms with Crippen molar-refractivity contribution in [3.05, 3.63) is 59.9 Å². The summed E-state index contributed by atoms with van der Waals surface area (Å²) in [6.45, 7) is 1.87. The molecule has 0 bridgehead atoms. The van der Waals surface area contributed by atoms with Gasteiger partial charge in [0.2, 0.25) is 5.91 Å². The lowest BCUT2D eigenvalue weighted by Gasteiger charge is -2.33. The molecule has 2 heterocycles. The van der Waals surface area contributed by atoms with Gasteiger partial charge in [0.15, 0.2) is 5.66 Å². The molecule has 0 atom stereocenters. The number of nitrogens with one attached hydrogen (secondary N) is 1. The molecule has 1 N–H and O–H groups in total. The van der Waals surface area contributed by atoms with Crippen LogP contribution in [0.25, 0.3) is 0 Å². The monoisotopic (exact) mass is 440 g/mol. The molecule has 2 aromatic carbocycles. The molecule has 1 fully saturated rings. The Morgan fingerprint density at radius 2 is 1.81 bits per heavy atom. The highest BCUT2D eigenvalue weighted by Crippen LogP contribution is 2.35. The molecule has 0 aliphatic carbocycles. The highest BCUT2D eigenvalue weighted by molar-refractivity contribution is 8.16. The van der Waals surface area contributed by atoms with Crippen molar-refractivity contribution >= 4 is 34.1 Å². The van der Waals surface area contributed by atoms with Gasteiger partial charge in [-0.05, 0) is 55.6 Å². The summed E-state index contributed by atoms with van der Waals surface area (Å²) in [5.41, 5.74) is 1.90. The number of thioether (sulfide) groups is 1. The van der Waals surface area contributed by atoms with Crippen LogP contribution in [-0.4, -0.2) is 60.2 Å². The van der Waals surface area contributed by atoms with Crippen LogP contribution in [-0.2, 0) is 4.79 Å². The van der Waals surface area contributed by atoms with Crippen LogP contribution in [0.4, 0.5) is 10.1 Å². The zero-order valence-corrected chi connectivity index (χ0v) is 18.4. The van der Waals surface area contributed by atoms with E-state index in [1.165, 1.54) is 23.9 Å². The summed E-state index contributed by atoms with van der Waals surface area (Å²) in [7, 11) is 3.74. The van der Waals surface area contributed by atoms with E-state index in [4.69, 9.17) is 14.7 Å². The summed E-state index contributed by atoms with van der Waals surface area (Å²) in [4.78, 5) is 24.8. The third-order valence-corrected chi connectivity index (χ3v) is 6.42. The van der Waals surface area contributed by atoms with Gasteiger partial charge in [0, 0.05) is 37.2 Å². The fourth-order valence-corrected chi connectivity index (χ4v) is 4.50. The number of rotatable bonds is 5. The summed E-state index contributed by atoms with van der Waals surface area (Å²) in [5, 5.41) is 3.58. The van der Waals surface area contributed by atoms with Crippen molar-refractivity contribution < 1.29 is 13.9 Å². The van der Waals surface area contributed by atoms with E-state index in [0.29, 0.717) is 5.69 Å². The Morgan fingerprint density at radius 3 is 2.45 bits per heavy atom. The van der Waals surface area contributed by atoms with Crippen LogP contribution in [0.3, 0.4) is 0 Å². The minimum Gasteiger partial charge on any atom is -0.497 e. The lowest BCUT2D eigenvalue weighted by atomic mass is 9.99. The molecule has 0 radical (unpaired) electrons. The van der Waals surface area contributed by atoms with Crippen molar-refractivity contribution in [1.82, 2.24) is 4.90 Å². The first kappa shape index (κ1) is 21.5. The average molecular weight is 441 g/mol. The number of halogens is 1.